The highest BCUT2D eigenvalue weighted by Crippen LogP contribution is 2.25. The number of halogens is 1. The Morgan fingerprint density at radius 2 is 2.04 bits per heavy atom. The molecule has 27 heavy (non-hydrogen) atoms. The molecule has 1 aromatic heterocycles. The minimum Gasteiger partial charge on any atom is -0.311 e. The van der Waals surface area contributed by atoms with Gasteiger partial charge in [0.25, 0.3) is 0 Å². The van der Waals surface area contributed by atoms with Gasteiger partial charge in [-0.15, -0.1) is 0 Å². The van der Waals surface area contributed by atoms with Crippen LogP contribution < -0.4 is 5.32 Å². The second-order valence-corrected chi connectivity index (χ2v) is 8.96. The molecule has 7 nitrogen and oxygen atoms in total. The maximum atomic E-state index is 12.9. The van der Waals surface area contributed by atoms with E-state index in [2.05, 4.69) is 10.4 Å². The van der Waals surface area contributed by atoms with Gasteiger partial charge in [0.1, 0.15) is 5.82 Å². The van der Waals surface area contributed by atoms with Crippen molar-refractivity contribution in [1.29, 1.82) is 0 Å². The first-order valence-corrected chi connectivity index (χ1v) is 10.8. The van der Waals surface area contributed by atoms with Gasteiger partial charge in [-0.1, -0.05) is 18.5 Å². The quantitative estimate of drug-likeness (QED) is 0.793. The number of amides is 1. The number of benzene rings is 1. The van der Waals surface area contributed by atoms with E-state index in [-0.39, 0.29) is 17.3 Å². The third kappa shape index (κ3) is 4.51. The fourth-order valence-electron chi connectivity index (χ4n) is 3.19. The van der Waals surface area contributed by atoms with E-state index in [1.807, 2.05) is 6.92 Å². The van der Waals surface area contributed by atoms with Gasteiger partial charge in [0.05, 0.1) is 17.0 Å². The first kappa shape index (κ1) is 19.9. The number of nitrogens with one attached hydrogen (secondary N) is 1. The zero-order valence-electron chi connectivity index (χ0n) is 15.1. The summed E-state index contributed by atoms with van der Waals surface area (Å²) in [6.07, 6.45) is 3.84. The van der Waals surface area contributed by atoms with Gasteiger partial charge in [-0.05, 0) is 43.5 Å². The zero-order chi connectivity index (χ0) is 19.4. The topological polar surface area (TPSA) is 84.3 Å². The molecular formula is C18H23ClN4O3S. The van der Waals surface area contributed by atoms with E-state index in [1.54, 1.807) is 29.1 Å². The largest absolute Gasteiger partial charge is 0.311 e. The molecule has 2 aromatic rings. The number of carbonyl (C=O) groups excluding carboxylic acids is 1. The molecule has 1 aliphatic heterocycles. The number of nitrogens with zero attached hydrogens (tertiary/aromatic N) is 3. The molecular weight excluding hydrogens is 388 g/mol. The van der Waals surface area contributed by atoms with Gasteiger partial charge in [0, 0.05) is 30.7 Å². The highest BCUT2D eigenvalue weighted by molar-refractivity contribution is 7.89. The molecule has 1 fully saturated rings. The molecule has 1 atom stereocenters. The van der Waals surface area contributed by atoms with Gasteiger partial charge in [0.2, 0.25) is 15.9 Å². The molecule has 1 N–H and O–H groups in total. The standard InChI is InChI=1S/C18H23ClN4O3S/c1-2-11-23-17(9-10-20-23)21-18(24)14-4-3-12-22(13-14)27(25,26)16-7-5-15(19)6-8-16/h5-10,14H,2-4,11-13H2,1H3,(H,21,24). The highest BCUT2D eigenvalue weighted by Gasteiger charge is 2.33. The van der Waals surface area contributed by atoms with Gasteiger partial charge in [0.15, 0.2) is 0 Å². The number of carbonyl (C=O) groups is 1. The minimum atomic E-state index is -3.65. The number of sulfonamides is 1. The van der Waals surface area contributed by atoms with Crippen molar-refractivity contribution in [2.45, 2.75) is 37.6 Å². The fraction of sp³-hybridized carbons (Fsp3) is 0.444. The van der Waals surface area contributed by atoms with Crippen LogP contribution in [0.1, 0.15) is 26.2 Å². The first-order valence-electron chi connectivity index (χ1n) is 9.00. The van der Waals surface area contributed by atoms with Crippen LogP contribution >= 0.6 is 11.6 Å². The number of hydrogen-bond acceptors (Lipinski definition) is 4. The highest BCUT2D eigenvalue weighted by atomic mass is 35.5. The van der Waals surface area contributed by atoms with E-state index < -0.39 is 15.9 Å². The molecule has 1 aliphatic rings. The molecule has 0 saturated carbocycles. The van der Waals surface area contributed by atoms with Crippen LogP contribution in [0, 0.1) is 5.92 Å². The lowest BCUT2D eigenvalue weighted by Crippen LogP contribution is -2.43. The summed E-state index contributed by atoms with van der Waals surface area (Å²) < 4.78 is 28.8. The third-order valence-electron chi connectivity index (χ3n) is 4.61. The molecule has 0 radical (unpaired) electrons. The molecule has 3 rings (SSSR count). The van der Waals surface area contributed by atoms with E-state index in [4.69, 9.17) is 11.6 Å². The number of hydrogen-bond donors (Lipinski definition) is 1. The number of rotatable bonds is 6. The van der Waals surface area contributed by atoms with Crippen LogP contribution in [0.15, 0.2) is 41.4 Å². The molecule has 1 amide bonds. The molecule has 0 spiro atoms. The van der Waals surface area contributed by atoms with Crippen molar-refractivity contribution < 1.29 is 13.2 Å². The fourth-order valence-corrected chi connectivity index (χ4v) is 4.84. The Labute approximate surface area is 164 Å². The van der Waals surface area contributed by atoms with Gasteiger partial charge < -0.3 is 5.32 Å². The summed E-state index contributed by atoms with van der Waals surface area (Å²) in [6, 6.07) is 7.84. The normalized spacial score (nSPS) is 18.4. The average Bonchev–Trinajstić information content (AvgIpc) is 3.09. The summed E-state index contributed by atoms with van der Waals surface area (Å²) in [5, 5.41) is 7.56. The molecule has 9 heteroatoms. The predicted octanol–water partition coefficient (Wildman–Crippen LogP) is 2.99. The average molecular weight is 411 g/mol. The van der Waals surface area contributed by atoms with E-state index in [0.717, 1.165) is 6.42 Å². The zero-order valence-corrected chi connectivity index (χ0v) is 16.7. The van der Waals surface area contributed by atoms with Gasteiger partial charge in [-0.2, -0.15) is 9.40 Å². The van der Waals surface area contributed by atoms with E-state index in [1.165, 1.54) is 16.4 Å². The van der Waals surface area contributed by atoms with Crippen molar-refractivity contribution in [2.24, 2.45) is 5.92 Å². The SMILES string of the molecule is CCCn1nccc1NC(=O)C1CCCN(S(=O)(=O)c2ccc(Cl)cc2)C1. The number of aryl methyl sites for hydroxylation is 1. The molecule has 2 heterocycles. The molecule has 1 unspecified atom stereocenters. The Morgan fingerprint density at radius 3 is 2.74 bits per heavy atom. The third-order valence-corrected chi connectivity index (χ3v) is 6.74. The van der Waals surface area contributed by atoms with Crippen molar-refractivity contribution in [3.8, 4) is 0 Å². The van der Waals surface area contributed by atoms with Crippen molar-refractivity contribution in [2.75, 3.05) is 18.4 Å². The maximum Gasteiger partial charge on any atom is 0.243 e. The van der Waals surface area contributed by atoms with Crippen LogP contribution in [-0.2, 0) is 21.4 Å². The van der Waals surface area contributed by atoms with Crippen LogP contribution in [0.3, 0.4) is 0 Å². The summed E-state index contributed by atoms with van der Waals surface area (Å²) in [7, 11) is -3.65. The summed E-state index contributed by atoms with van der Waals surface area (Å²) in [6.45, 7) is 3.32. The van der Waals surface area contributed by atoms with Crippen LogP contribution in [0.4, 0.5) is 5.82 Å². The summed E-state index contributed by atoms with van der Waals surface area (Å²) in [4.78, 5) is 12.9. The lowest BCUT2D eigenvalue weighted by Gasteiger charge is -2.31. The Morgan fingerprint density at radius 1 is 1.30 bits per heavy atom. The van der Waals surface area contributed by atoms with E-state index in [9.17, 15) is 13.2 Å². The molecule has 1 aromatic carbocycles. The number of anilines is 1. The van der Waals surface area contributed by atoms with Crippen molar-refractivity contribution in [3.63, 3.8) is 0 Å². The Hall–Kier alpha value is -1.90. The molecule has 0 aliphatic carbocycles. The Balaban J connectivity index is 1.70. The van der Waals surface area contributed by atoms with E-state index >= 15 is 0 Å². The smallest absolute Gasteiger partial charge is 0.243 e. The van der Waals surface area contributed by atoms with Crippen LogP contribution in [0.25, 0.3) is 0 Å². The lowest BCUT2D eigenvalue weighted by molar-refractivity contribution is -0.120. The van der Waals surface area contributed by atoms with Gasteiger partial charge in [-0.3, -0.25) is 4.79 Å². The summed E-state index contributed by atoms with van der Waals surface area (Å²) in [5.41, 5.74) is 0. The number of piperidine rings is 1. The Kier molecular flexibility index (Phi) is 6.18. The number of aromatic nitrogens is 2. The van der Waals surface area contributed by atoms with E-state index in [0.29, 0.717) is 36.8 Å². The van der Waals surface area contributed by atoms with Gasteiger partial charge >= 0.3 is 0 Å². The second-order valence-electron chi connectivity index (χ2n) is 6.58. The summed E-state index contributed by atoms with van der Waals surface area (Å²) >= 11 is 5.85. The predicted molar refractivity (Wildman–Crippen MR) is 104 cm³/mol. The molecule has 146 valence electrons. The lowest BCUT2D eigenvalue weighted by atomic mass is 9.99. The first-order chi connectivity index (χ1) is 12.9. The Bertz CT molecular complexity index is 896. The van der Waals surface area contributed by atoms with Crippen LogP contribution in [0.2, 0.25) is 5.02 Å². The van der Waals surface area contributed by atoms with Crippen molar-refractivity contribution in [3.05, 3.63) is 41.6 Å². The van der Waals surface area contributed by atoms with Crippen LogP contribution in [0.5, 0.6) is 0 Å². The molecule has 0 bridgehead atoms. The van der Waals surface area contributed by atoms with Crippen LogP contribution in [-0.4, -0.2) is 41.5 Å². The maximum absolute atomic E-state index is 12.9. The summed E-state index contributed by atoms with van der Waals surface area (Å²) in [5.74, 6) is 0.0641. The minimum absolute atomic E-state index is 0.165. The molecule has 1 saturated heterocycles. The van der Waals surface area contributed by atoms with Gasteiger partial charge in [-0.25, -0.2) is 13.1 Å². The van der Waals surface area contributed by atoms with Crippen molar-refractivity contribution >= 4 is 33.3 Å². The van der Waals surface area contributed by atoms with Crippen molar-refractivity contribution in [1.82, 2.24) is 14.1 Å². The second kappa shape index (κ2) is 8.41. The monoisotopic (exact) mass is 410 g/mol.